The Bertz CT molecular complexity index is 986. The van der Waals surface area contributed by atoms with Gasteiger partial charge in [-0.05, 0) is 62.2 Å². The Kier molecular flexibility index (Phi) is 7.17. The lowest BCUT2D eigenvalue weighted by molar-refractivity contribution is -0.113. The number of carbonyl (C=O) groups excluding carboxylic acids is 1. The molecule has 152 valence electrons. The molecule has 0 atom stereocenters. The molecular formula is C21H23ClN4O2S. The summed E-state index contributed by atoms with van der Waals surface area (Å²) in [6.07, 6.45) is 0. The van der Waals surface area contributed by atoms with Gasteiger partial charge >= 0.3 is 0 Å². The van der Waals surface area contributed by atoms with Gasteiger partial charge in [-0.25, -0.2) is 0 Å². The van der Waals surface area contributed by atoms with Gasteiger partial charge in [0.15, 0.2) is 11.0 Å². The van der Waals surface area contributed by atoms with E-state index in [0.717, 1.165) is 22.7 Å². The van der Waals surface area contributed by atoms with Crippen molar-refractivity contribution in [3.05, 3.63) is 64.4 Å². The Morgan fingerprint density at radius 1 is 1.17 bits per heavy atom. The normalized spacial score (nSPS) is 10.8. The highest BCUT2D eigenvalue weighted by Crippen LogP contribution is 2.21. The second kappa shape index (κ2) is 9.80. The molecule has 1 N–H and O–H groups in total. The number of hydrogen-bond acceptors (Lipinski definition) is 5. The first kappa shape index (κ1) is 21.2. The van der Waals surface area contributed by atoms with Gasteiger partial charge in [0.25, 0.3) is 0 Å². The molecule has 1 heterocycles. The Hall–Kier alpha value is -2.51. The highest BCUT2D eigenvalue weighted by molar-refractivity contribution is 7.99. The minimum Gasteiger partial charge on any atom is -0.486 e. The highest BCUT2D eigenvalue weighted by atomic mass is 35.5. The van der Waals surface area contributed by atoms with Gasteiger partial charge < -0.3 is 14.6 Å². The molecule has 0 saturated carbocycles. The molecule has 0 spiro atoms. The van der Waals surface area contributed by atoms with Crippen LogP contribution >= 0.6 is 23.4 Å². The smallest absolute Gasteiger partial charge is 0.234 e. The van der Waals surface area contributed by atoms with Gasteiger partial charge in [-0.1, -0.05) is 35.5 Å². The molecule has 0 aliphatic rings. The molecule has 0 aliphatic heterocycles. The number of thioether (sulfide) groups is 1. The van der Waals surface area contributed by atoms with E-state index in [2.05, 4.69) is 21.6 Å². The summed E-state index contributed by atoms with van der Waals surface area (Å²) in [5.74, 6) is 1.63. The molecule has 0 aliphatic carbocycles. The van der Waals surface area contributed by atoms with Crippen LogP contribution in [0.5, 0.6) is 5.75 Å². The zero-order chi connectivity index (χ0) is 20.8. The van der Waals surface area contributed by atoms with Gasteiger partial charge in [-0.15, -0.1) is 10.2 Å². The number of anilines is 1. The summed E-state index contributed by atoms with van der Waals surface area (Å²) in [5, 5.41) is 12.6. The predicted octanol–water partition coefficient (Wildman–Crippen LogP) is 4.88. The van der Waals surface area contributed by atoms with Crippen molar-refractivity contribution in [3.63, 3.8) is 0 Å². The van der Waals surface area contributed by atoms with E-state index in [1.165, 1.54) is 11.8 Å². The number of carbonyl (C=O) groups is 1. The lowest BCUT2D eigenvalue weighted by Gasteiger charge is -2.10. The van der Waals surface area contributed by atoms with Crippen molar-refractivity contribution in [1.29, 1.82) is 0 Å². The van der Waals surface area contributed by atoms with Crippen LogP contribution in [-0.2, 0) is 17.9 Å². The third kappa shape index (κ3) is 5.98. The third-order valence-corrected chi connectivity index (χ3v) is 5.32. The van der Waals surface area contributed by atoms with E-state index in [0.29, 0.717) is 29.0 Å². The lowest BCUT2D eigenvalue weighted by Crippen LogP contribution is -2.15. The number of halogens is 1. The Morgan fingerprint density at radius 3 is 2.62 bits per heavy atom. The van der Waals surface area contributed by atoms with Crippen LogP contribution in [0.25, 0.3) is 0 Å². The van der Waals surface area contributed by atoms with Gasteiger partial charge in [-0.2, -0.15) is 0 Å². The summed E-state index contributed by atoms with van der Waals surface area (Å²) in [4.78, 5) is 12.2. The van der Waals surface area contributed by atoms with E-state index < -0.39 is 0 Å². The molecule has 1 amide bonds. The maximum absolute atomic E-state index is 12.2. The van der Waals surface area contributed by atoms with E-state index in [1.807, 2.05) is 37.5 Å². The van der Waals surface area contributed by atoms with Gasteiger partial charge in [-0.3, -0.25) is 4.79 Å². The largest absolute Gasteiger partial charge is 0.486 e. The minimum atomic E-state index is -0.129. The molecule has 3 aromatic rings. The van der Waals surface area contributed by atoms with Crippen molar-refractivity contribution in [3.8, 4) is 5.75 Å². The van der Waals surface area contributed by atoms with Crippen LogP contribution in [0.1, 0.15) is 23.9 Å². The number of amides is 1. The number of nitrogens with one attached hydrogen (secondary N) is 1. The quantitative estimate of drug-likeness (QED) is 0.516. The van der Waals surface area contributed by atoms with Gasteiger partial charge in [0.05, 0.1) is 5.75 Å². The fourth-order valence-electron chi connectivity index (χ4n) is 2.91. The van der Waals surface area contributed by atoms with E-state index in [1.54, 1.807) is 24.3 Å². The lowest BCUT2D eigenvalue weighted by atomic mass is 10.1. The first-order chi connectivity index (χ1) is 13.9. The Labute approximate surface area is 179 Å². The number of hydrogen-bond donors (Lipinski definition) is 1. The summed E-state index contributed by atoms with van der Waals surface area (Å²) >= 11 is 7.28. The van der Waals surface area contributed by atoms with E-state index >= 15 is 0 Å². The van der Waals surface area contributed by atoms with Crippen LogP contribution in [-0.4, -0.2) is 26.4 Å². The van der Waals surface area contributed by atoms with Gasteiger partial charge in [0.2, 0.25) is 5.91 Å². The molecule has 3 rings (SSSR count). The number of benzene rings is 2. The van der Waals surface area contributed by atoms with Crippen LogP contribution < -0.4 is 10.1 Å². The standard InChI is InChI=1S/C21H23ClN4O2S/c1-4-26-19(12-28-18-9-14(2)8-15(3)10-18)24-25-21(26)29-13-20(27)23-17-7-5-6-16(22)11-17/h5-11H,4,12-13H2,1-3H3,(H,23,27). The highest BCUT2D eigenvalue weighted by Gasteiger charge is 2.14. The maximum atomic E-state index is 12.2. The van der Waals surface area contributed by atoms with E-state index in [9.17, 15) is 4.79 Å². The SMILES string of the molecule is CCn1c(COc2cc(C)cc(C)c2)nnc1SCC(=O)Nc1cccc(Cl)c1. The van der Waals surface area contributed by atoms with E-state index in [4.69, 9.17) is 16.3 Å². The fraction of sp³-hybridized carbons (Fsp3) is 0.286. The molecule has 29 heavy (non-hydrogen) atoms. The second-order valence-corrected chi connectivity index (χ2v) is 7.98. The van der Waals surface area contributed by atoms with Crippen LogP contribution in [0.4, 0.5) is 5.69 Å². The van der Waals surface area contributed by atoms with Crippen LogP contribution in [0.2, 0.25) is 5.02 Å². The molecule has 1 aromatic heterocycles. The van der Waals surface area contributed by atoms with Crippen molar-refractivity contribution in [2.24, 2.45) is 0 Å². The topological polar surface area (TPSA) is 69.0 Å². The third-order valence-electron chi connectivity index (χ3n) is 4.11. The number of rotatable bonds is 8. The van der Waals surface area contributed by atoms with E-state index in [-0.39, 0.29) is 11.7 Å². The van der Waals surface area contributed by atoms with Crippen molar-refractivity contribution < 1.29 is 9.53 Å². The van der Waals surface area contributed by atoms with Crippen LogP contribution in [0, 0.1) is 13.8 Å². The molecule has 2 aromatic carbocycles. The first-order valence-electron chi connectivity index (χ1n) is 9.26. The fourth-order valence-corrected chi connectivity index (χ4v) is 3.92. The minimum absolute atomic E-state index is 0.129. The number of ether oxygens (including phenoxy) is 1. The van der Waals surface area contributed by atoms with Crippen molar-refractivity contribution in [2.75, 3.05) is 11.1 Å². The second-order valence-electron chi connectivity index (χ2n) is 6.60. The Morgan fingerprint density at radius 2 is 1.93 bits per heavy atom. The van der Waals surface area contributed by atoms with Crippen molar-refractivity contribution >= 4 is 35.0 Å². The molecule has 6 nitrogen and oxygen atoms in total. The number of nitrogens with zero attached hydrogens (tertiary/aromatic N) is 3. The average Bonchev–Trinajstić information content (AvgIpc) is 3.06. The van der Waals surface area contributed by atoms with Crippen LogP contribution in [0.15, 0.2) is 47.6 Å². The Balaban J connectivity index is 1.59. The summed E-state index contributed by atoms with van der Waals surface area (Å²) in [7, 11) is 0. The molecule has 8 heteroatoms. The predicted molar refractivity (Wildman–Crippen MR) is 117 cm³/mol. The van der Waals surface area contributed by atoms with Crippen molar-refractivity contribution in [2.45, 2.75) is 39.1 Å². The number of aryl methyl sites for hydroxylation is 2. The molecular weight excluding hydrogens is 408 g/mol. The molecule has 0 bridgehead atoms. The maximum Gasteiger partial charge on any atom is 0.234 e. The number of aromatic nitrogens is 3. The molecule has 0 saturated heterocycles. The zero-order valence-electron chi connectivity index (χ0n) is 16.6. The van der Waals surface area contributed by atoms with Crippen molar-refractivity contribution in [1.82, 2.24) is 14.8 Å². The molecule has 0 unspecified atom stereocenters. The zero-order valence-corrected chi connectivity index (χ0v) is 18.2. The molecule has 0 radical (unpaired) electrons. The molecule has 0 fully saturated rings. The summed E-state index contributed by atoms with van der Waals surface area (Å²) in [5.41, 5.74) is 2.97. The monoisotopic (exact) mass is 430 g/mol. The first-order valence-corrected chi connectivity index (χ1v) is 10.6. The van der Waals surface area contributed by atoms with Gasteiger partial charge in [0.1, 0.15) is 12.4 Å². The summed E-state index contributed by atoms with van der Waals surface area (Å²) in [6.45, 7) is 7.10. The summed E-state index contributed by atoms with van der Waals surface area (Å²) in [6, 6.07) is 13.2. The van der Waals surface area contributed by atoms with Crippen LogP contribution in [0.3, 0.4) is 0 Å². The van der Waals surface area contributed by atoms with Gasteiger partial charge in [0, 0.05) is 17.3 Å². The summed E-state index contributed by atoms with van der Waals surface area (Å²) < 4.78 is 7.86. The average molecular weight is 431 g/mol.